The van der Waals surface area contributed by atoms with Gasteiger partial charge in [0.05, 0.1) is 23.3 Å². The first kappa shape index (κ1) is 28.0. The SMILES string of the molecule is CN=C(N)N[C@@H]1C#C[C@@H]2CC3(C=C(Cc4cc5ccccc5[nH]4)[C@]24CC[C@@](C)(O)[C@H]2C[C@@H](O)[C@@](O)(C1)[C@H]2C4)CCCC3. The first-order valence-electron chi connectivity index (χ1n) is 16.0. The number of fused-ring (bicyclic) bond motifs is 1. The van der Waals surface area contributed by atoms with Crippen LogP contribution in [0.3, 0.4) is 0 Å². The van der Waals surface area contributed by atoms with Gasteiger partial charge >= 0.3 is 0 Å². The van der Waals surface area contributed by atoms with Crippen LogP contribution in [0.25, 0.3) is 10.9 Å². The number of aliphatic hydroxyl groups is 3. The van der Waals surface area contributed by atoms with Gasteiger partial charge in [0.25, 0.3) is 0 Å². The number of para-hydroxylation sites is 1. The molecule has 3 saturated carbocycles. The Morgan fingerprint density at radius 3 is 2.62 bits per heavy atom. The summed E-state index contributed by atoms with van der Waals surface area (Å²) in [6.45, 7) is 1.93. The van der Waals surface area contributed by atoms with Crippen LogP contribution < -0.4 is 11.1 Å². The molecule has 5 aliphatic rings. The second-order valence-electron chi connectivity index (χ2n) is 14.5. The number of H-pyrrole nitrogens is 1. The number of aromatic amines is 1. The van der Waals surface area contributed by atoms with Crippen LogP contribution in [0.1, 0.15) is 76.8 Å². The fraction of sp³-hybridized carbons (Fsp3) is 0.629. The molecule has 1 heterocycles. The lowest BCUT2D eigenvalue weighted by atomic mass is 9.53. The Kier molecular flexibility index (Phi) is 6.58. The fourth-order valence-corrected chi connectivity index (χ4v) is 9.85. The van der Waals surface area contributed by atoms with Crippen molar-refractivity contribution in [1.29, 1.82) is 0 Å². The average molecular weight is 571 g/mol. The Labute approximate surface area is 249 Å². The molecular formula is C35H46N4O3. The standard InChI is InChI=1S/C35H46N4O3/c1-32(41)13-14-34-21-28-27(32)17-30(40)35(28,42)20-25(39-31(36)37-2)10-9-23(34)18-33(11-5-6-12-33)19-24(34)16-26-15-22-7-3-4-8-29(22)38-26/h3-4,7-8,15,19,23,25,27-28,30,38,40-42H,5-6,11-14,16-18,20-21H2,1-2H3,(H3,36,37,39)/t23-,25-,27+,28+,30-,32-,34+,35-/m1/s1. The van der Waals surface area contributed by atoms with Crippen molar-refractivity contribution < 1.29 is 15.3 Å². The number of hydrogen-bond donors (Lipinski definition) is 6. The molecule has 7 heteroatoms. The van der Waals surface area contributed by atoms with E-state index in [0.29, 0.717) is 19.3 Å². The molecule has 0 radical (unpaired) electrons. The van der Waals surface area contributed by atoms with E-state index in [-0.39, 0.29) is 41.0 Å². The highest BCUT2D eigenvalue weighted by Crippen LogP contribution is 2.65. The van der Waals surface area contributed by atoms with Crippen molar-refractivity contribution in [2.45, 2.75) is 101 Å². The van der Waals surface area contributed by atoms with Gasteiger partial charge in [0, 0.05) is 42.4 Å². The second kappa shape index (κ2) is 9.87. The first-order valence-corrected chi connectivity index (χ1v) is 16.0. The average Bonchev–Trinajstić information content (AvgIpc) is 3.63. The molecule has 0 unspecified atom stereocenters. The molecule has 7 N–H and O–H groups in total. The third-order valence-corrected chi connectivity index (χ3v) is 12.1. The predicted molar refractivity (Wildman–Crippen MR) is 165 cm³/mol. The van der Waals surface area contributed by atoms with Gasteiger partial charge < -0.3 is 31.4 Å². The molecule has 224 valence electrons. The van der Waals surface area contributed by atoms with Crippen LogP contribution in [0, 0.1) is 40.4 Å². The number of aromatic nitrogens is 1. The third-order valence-electron chi connectivity index (χ3n) is 12.1. The maximum Gasteiger partial charge on any atom is 0.189 e. The van der Waals surface area contributed by atoms with Gasteiger partial charge in [-0.2, -0.15) is 0 Å². The molecule has 7 rings (SSSR count). The quantitative estimate of drug-likeness (QED) is 0.143. The van der Waals surface area contributed by atoms with Crippen molar-refractivity contribution in [2.75, 3.05) is 7.05 Å². The summed E-state index contributed by atoms with van der Waals surface area (Å²) >= 11 is 0. The summed E-state index contributed by atoms with van der Waals surface area (Å²) in [4.78, 5) is 7.79. The van der Waals surface area contributed by atoms with E-state index in [1.165, 1.54) is 42.3 Å². The summed E-state index contributed by atoms with van der Waals surface area (Å²) in [6.07, 6.45) is 11.1. The highest BCUT2D eigenvalue weighted by atomic mass is 16.3. The lowest BCUT2D eigenvalue weighted by Gasteiger charge is -2.50. The number of nitrogens with one attached hydrogen (secondary N) is 2. The van der Waals surface area contributed by atoms with Crippen molar-refractivity contribution in [1.82, 2.24) is 10.3 Å². The Bertz CT molecular complexity index is 1460. The number of aliphatic imine (C=N–C) groups is 1. The lowest BCUT2D eigenvalue weighted by molar-refractivity contribution is -0.107. The highest BCUT2D eigenvalue weighted by Gasteiger charge is 2.64. The van der Waals surface area contributed by atoms with Gasteiger partial charge in [0.1, 0.15) is 0 Å². The van der Waals surface area contributed by atoms with E-state index in [1.54, 1.807) is 7.05 Å². The minimum Gasteiger partial charge on any atom is -0.390 e. The topological polar surface area (TPSA) is 127 Å². The van der Waals surface area contributed by atoms with Crippen molar-refractivity contribution in [2.24, 2.45) is 39.3 Å². The molecular weight excluding hydrogens is 524 g/mol. The minimum absolute atomic E-state index is 0.0821. The third kappa shape index (κ3) is 4.41. The molecule has 7 nitrogen and oxygen atoms in total. The van der Waals surface area contributed by atoms with Crippen LogP contribution in [-0.4, -0.2) is 56.7 Å². The number of benzene rings is 1. The van der Waals surface area contributed by atoms with Crippen LogP contribution in [0.4, 0.5) is 0 Å². The van der Waals surface area contributed by atoms with Crippen molar-refractivity contribution in [3.8, 4) is 11.8 Å². The van der Waals surface area contributed by atoms with E-state index in [0.717, 1.165) is 24.8 Å². The van der Waals surface area contributed by atoms with Crippen LogP contribution in [-0.2, 0) is 6.42 Å². The zero-order valence-corrected chi connectivity index (χ0v) is 25.0. The molecule has 0 amide bonds. The summed E-state index contributed by atoms with van der Waals surface area (Å²) in [6, 6.07) is 10.3. The Hall–Kier alpha value is -2.79. The normalized spacial score (nSPS) is 40.7. The highest BCUT2D eigenvalue weighted by molar-refractivity contribution is 5.80. The summed E-state index contributed by atoms with van der Waals surface area (Å²) < 4.78 is 0. The molecule has 5 aliphatic carbocycles. The van der Waals surface area contributed by atoms with Gasteiger partial charge in [0.15, 0.2) is 5.96 Å². The Morgan fingerprint density at radius 1 is 1.07 bits per heavy atom. The van der Waals surface area contributed by atoms with Crippen LogP contribution >= 0.6 is 0 Å². The molecule has 2 aromatic rings. The molecule has 2 spiro atoms. The molecule has 8 atom stereocenters. The van der Waals surface area contributed by atoms with E-state index < -0.39 is 23.3 Å². The van der Waals surface area contributed by atoms with E-state index >= 15 is 0 Å². The fourth-order valence-electron chi connectivity index (χ4n) is 9.85. The number of nitrogens with two attached hydrogens (primary N) is 1. The molecule has 42 heavy (non-hydrogen) atoms. The van der Waals surface area contributed by atoms with Gasteiger partial charge in [-0.3, -0.25) is 4.99 Å². The van der Waals surface area contributed by atoms with Gasteiger partial charge in [0.2, 0.25) is 0 Å². The smallest absolute Gasteiger partial charge is 0.189 e. The van der Waals surface area contributed by atoms with Crippen molar-refractivity contribution in [3.63, 3.8) is 0 Å². The number of allylic oxidation sites excluding steroid dienone is 2. The Morgan fingerprint density at radius 2 is 1.86 bits per heavy atom. The zero-order chi connectivity index (χ0) is 29.3. The summed E-state index contributed by atoms with van der Waals surface area (Å²) in [5.74, 6) is 7.18. The van der Waals surface area contributed by atoms with Gasteiger partial charge in [-0.05, 0) is 86.6 Å². The largest absolute Gasteiger partial charge is 0.390 e. The van der Waals surface area contributed by atoms with Gasteiger partial charge in [-0.25, -0.2) is 0 Å². The van der Waals surface area contributed by atoms with Crippen LogP contribution in [0.2, 0.25) is 0 Å². The molecule has 1 aromatic heterocycles. The molecule has 3 fully saturated rings. The van der Waals surface area contributed by atoms with E-state index in [4.69, 9.17) is 5.73 Å². The Balaban J connectivity index is 1.41. The summed E-state index contributed by atoms with van der Waals surface area (Å²) in [7, 11) is 1.63. The number of hydrogen-bond acceptors (Lipinski definition) is 4. The van der Waals surface area contributed by atoms with E-state index in [2.05, 4.69) is 63.5 Å². The van der Waals surface area contributed by atoms with Gasteiger partial charge in [-0.15, -0.1) is 0 Å². The molecule has 0 aliphatic heterocycles. The minimum atomic E-state index is -1.39. The van der Waals surface area contributed by atoms with Crippen molar-refractivity contribution >= 4 is 16.9 Å². The van der Waals surface area contributed by atoms with Crippen molar-refractivity contribution in [3.05, 3.63) is 47.7 Å². The summed E-state index contributed by atoms with van der Waals surface area (Å²) in [5, 5.41) is 40.3. The summed E-state index contributed by atoms with van der Waals surface area (Å²) in [5.41, 5.74) is 7.31. The van der Waals surface area contributed by atoms with E-state index in [9.17, 15) is 15.3 Å². The maximum absolute atomic E-state index is 12.4. The molecule has 2 bridgehead atoms. The molecule has 1 aromatic carbocycles. The second-order valence-corrected chi connectivity index (χ2v) is 14.5. The number of aliphatic hydroxyl groups excluding tert-OH is 1. The first-order chi connectivity index (χ1) is 20.1. The maximum atomic E-state index is 12.4. The van der Waals surface area contributed by atoms with Gasteiger partial charge in [-0.1, -0.05) is 54.5 Å². The van der Waals surface area contributed by atoms with Crippen LogP contribution in [0.5, 0.6) is 0 Å². The lowest BCUT2D eigenvalue weighted by Crippen LogP contribution is -2.52. The number of nitrogens with zero attached hydrogens (tertiary/aromatic N) is 1. The predicted octanol–water partition coefficient (Wildman–Crippen LogP) is 4.18. The zero-order valence-electron chi connectivity index (χ0n) is 25.0. The number of guanidine groups is 1. The van der Waals surface area contributed by atoms with Crippen LogP contribution in [0.15, 0.2) is 47.0 Å². The van der Waals surface area contributed by atoms with E-state index in [1.807, 2.05) is 6.92 Å². The number of rotatable bonds is 3. The monoisotopic (exact) mass is 570 g/mol. The molecule has 0 saturated heterocycles.